The lowest BCUT2D eigenvalue weighted by molar-refractivity contribution is 0.0954. The second-order valence-corrected chi connectivity index (χ2v) is 6.50. The van der Waals surface area contributed by atoms with E-state index in [9.17, 15) is 4.79 Å². The fraction of sp³-hybridized carbons (Fsp3) is 0.400. The number of aromatic nitrogens is 1. The number of aryl methyl sites for hydroxylation is 1. The molecule has 0 bridgehead atoms. The molecule has 1 N–H and O–H groups in total. The topological polar surface area (TPSA) is 64.8 Å². The van der Waals surface area contributed by atoms with E-state index in [2.05, 4.69) is 35.0 Å². The van der Waals surface area contributed by atoms with Crippen molar-refractivity contribution in [3.8, 4) is 5.75 Å². The molecule has 2 heterocycles. The van der Waals surface area contributed by atoms with Crippen molar-refractivity contribution in [1.29, 1.82) is 0 Å². The van der Waals surface area contributed by atoms with Crippen LogP contribution in [-0.4, -0.2) is 36.5 Å². The van der Waals surface area contributed by atoms with Gasteiger partial charge in [0.15, 0.2) is 0 Å². The summed E-state index contributed by atoms with van der Waals surface area (Å²) in [6.07, 6.45) is 4.23. The van der Waals surface area contributed by atoms with Crippen LogP contribution in [0.3, 0.4) is 0 Å². The molecule has 1 aliphatic heterocycles. The number of amides is 1. The standard InChI is InChI=1S/C20H25N3O3/c1-14-11-17(15(2)23(14)13-19-5-4-10-26-19)12-21-22-20(24)16-6-8-18(25-3)9-7-16/h6-9,11-12,19H,4-5,10,13H2,1-3H3,(H,22,24)/b21-12-/t19-/m0/s1. The van der Waals surface area contributed by atoms with Gasteiger partial charge in [-0.15, -0.1) is 0 Å². The van der Waals surface area contributed by atoms with E-state index in [1.807, 2.05) is 0 Å². The third kappa shape index (κ3) is 4.14. The Hall–Kier alpha value is -2.60. The average Bonchev–Trinajstić information content (AvgIpc) is 3.26. The van der Waals surface area contributed by atoms with Gasteiger partial charge in [0.2, 0.25) is 0 Å². The molecule has 0 spiro atoms. The van der Waals surface area contributed by atoms with Crippen LogP contribution in [0.4, 0.5) is 0 Å². The average molecular weight is 355 g/mol. The van der Waals surface area contributed by atoms with Gasteiger partial charge < -0.3 is 14.0 Å². The number of carbonyl (C=O) groups is 1. The molecular weight excluding hydrogens is 330 g/mol. The molecule has 26 heavy (non-hydrogen) atoms. The summed E-state index contributed by atoms with van der Waals surface area (Å²) in [5.74, 6) is 0.459. The smallest absolute Gasteiger partial charge is 0.271 e. The minimum Gasteiger partial charge on any atom is -0.497 e. The van der Waals surface area contributed by atoms with Gasteiger partial charge in [-0.05, 0) is 57.0 Å². The van der Waals surface area contributed by atoms with Crippen LogP contribution < -0.4 is 10.2 Å². The van der Waals surface area contributed by atoms with Gasteiger partial charge >= 0.3 is 0 Å². The molecule has 6 nitrogen and oxygen atoms in total. The fourth-order valence-electron chi connectivity index (χ4n) is 3.20. The monoisotopic (exact) mass is 355 g/mol. The van der Waals surface area contributed by atoms with Crippen LogP contribution in [0.1, 0.15) is 40.2 Å². The Morgan fingerprint density at radius 2 is 2.15 bits per heavy atom. The molecule has 6 heteroatoms. The molecule has 0 unspecified atom stereocenters. The summed E-state index contributed by atoms with van der Waals surface area (Å²) in [5.41, 5.74) is 6.39. The lowest BCUT2D eigenvalue weighted by atomic mass is 10.2. The van der Waals surface area contributed by atoms with Crippen molar-refractivity contribution in [2.24, 2.45) is 5.10 Å². The highest BCUT2D eigenvalue weighted by Gasteiger charge is 2.18. The van der Waals surface area contributed by atoms with Crippen molar-refractivity contribution in [2.45, 2.75) is 39.3 Å². The fourth-order valence-corrected chi connectivity index (χ4v) is 3.20. The Labute approximate surface area is 153 Å². The Kier molecular flexibility index (Phi) is 5.73. The molecular formula is C20H25N3O3. The zero-order valence-corrected chi connectivity index (χ0v) is 15.5. The van der Waals surface area contributed by atoms with Crippen LogP contribution in [0.25, 0.3) is 0 Å². The summed E-state index contributed by atoms with van der Waals surface area (Å²) >= 11 is 0. The number of hydrogen-bond donors (Lipinski definition) is 1. The molecule has 1 saturated heterocycles. The molecule has 0 radical (unpaired) electrons. The molecule has 2 aromatic rings. The van der Waals surface area contributed by atoms with Crippen molar-refractivity contribution in [1.82, 2.24) is 9.99 Å². The quantitative estimate of drug-likeness (QED) is 0.640. The van der Waals surface area contributed by atoms with E-state index in [1.165, 1.54) is 5.69 Å². The molecule has 1 fully saturated rings. The Morgan fingerprint density at radius 3 is 2.81 bits per heavy atom. The van der Waals surface area contributed by atoms with Gasteiger partial charge in [-0.2, -0.15) is 5.10 Å². The summed E-state index contributed by atoms with van der Waals surface area (Å²) < 4.78 is 13.1. The van der Waals surface area contributed by atoms with E-state index < -0.39 is 0 Å². The molecule has 1 aromatic heterocycles. The van der Waals surface area contributed by atoms with Crippen molar-refractivity contribution in [3.63, 3.8) is 0 Å². The molecule has 0 aliphatic carbocycles. The lowest BCUT2D eigenvalue weighted by Gasteiger charge is -2.14. The second kappa shape index (κ2) is 8.19. The molecule has 1 atom stereocenters. The number of rotatable bonds is 6. The van der Waals surface area contributed by atoms with E-state index in [4.69, 9.17) is 9.47 Å². The summed E-state index contributed by atoms with van der Waals surface area (Å²) in [5, 5.41) is 4.11. The molecule has 1 amide bonds. The molecule has 0 saturated carbocycles. The van der Waals surface area contributed by atoms with E-state index in [1.54, 1.807) is 37.6 Å². The minimum atomic E-state index is -0.253. The zero-order valence-electron chi connectivity index (χ0n) is 15.5. The number of benzene rings is 1. The maximum Gasteiger partial charge on any atom is 0.271 e. The third-order valence-corrected chi connectivity index (χ3v) is 4.74. The van der Waals surface area contributed by atoms with Gasteiger partial charge in [-0.25, -0.2) is 5.43 Å². The first-order chi connectivity index (χ1) is 12.6. The zero-order chi connectivity index (χ0) is 18.5. The minimum absolute atomic E-state index is 0.253. The number of ether oxygens (including phenoxy) is 2. The number of carbonyl (C=O) groups excluding carboxylic acids is 1. The summed E-state index contributed by atoms with van der Waals surface area (Å²) in [7, 11) is 1.59. The second-order valence-electron chi connectivity index (χ2n) is 6.50. The van der Waals surface area contributed by atoms with Crippen molar-refractivity contribution >= 4 is 12.1 Å². The van der Waals surface area contributed by atoms with Crippen molar-refractivity contribution in [2.75, 3.05) is 13.7 Å². The number of hydrogen-bond acceptors (Lipinski definition) is 4. The molecule has 1 aromatic carbocycles. The molecule has 138 valence electrons. The number of nitrogens with one attached hydrogen (secondary N) is 1. The van der Waals surface area contributed by atoms with E-state index in [0.29, 0.717) is 17.4 Å². The Morgan fingerprint density at radius 1 is 1.38 bits per heavy atom. The van der Waals surface area contributed by atoms with E-state index in [-0.39, 0.29) is 5.91 Å². The SMILES string of the molecule is COc1ccc(C(=O)N/N=C\c2cc(C)n(C[C@@H]3CCCO3)c2C)cc1. The predicted molar refractivity (Wildman–Crippen MR) is 101 cm³/mol. The Bertz CT molecular complexity index is 787. The summed E-state index contributed by atoms with van der Waals surface area (Å²) in [6.45, 7) is 5.86. The van der Waals surface area contributed by atoms with Gasteiger partial charge in [0.1, 0.15) is 5.75 Å². The molecule has 1 aliphatic rings. The largest absolute Gasteiger partial charge is 0.497 e. The highest BCUT2D eigenvalue weighted by Crippen LogP contribution is 2.19. The normalized spacial score (nSPS) is 17.0. The first-order valence-corrected chi connectivity index (χ1v) is 8.84. The van der Waals surface area contributed by atoms with Crippen LogP contribution >= 0.6 is 0 Å². The third-order valence-electron chi connectivity index (χ3n) is 4.74. The van der Waals surface area contributed by atoms with E-state index in [0.717, 1.165) is 37.3 Å². The Balaban J connectivity index is 1.63. The first-order valence-electron chi connectivity index (χ1n) is 8.84. The first kappa shape index (κ1) is 18.2. The van der Waals surface area contributed by atoms with Crippen LogP contribution in [0.2, 0.25) is 0 Å². The van der Waals surface area contributed by atoms with Gasteiger partial charge in [-0.3, -0.25) is 4.79 Å². The van der Waals surface area contributed by atoms with Crippen molar-refractivity contribution < 1.29 is 14.3 Å². The van der Waals surface area contributed by atoms with Gasteiger partial charge in [0.25, 0.3) is 5.91 Å². The summed E-state index contributed by atoms with van der Waals surface area (Å²) in [6, 6.07) is 8.98. The summed E-state index contributed by atoms with van der Waals surface area (Å²) in [4.78, 5) is 12.1. The maximum atomic E-state index is 12.1. The van der Waals surface area contributed by atoms with Crippen LogP contribution in [0.15, 0.2) is 35.4 Å². The number of methoxy groups -OCH3 is 1. The number of hydrazone groups is 1. The van der Waals surface area contributed by atoms with Crippen molar-refractivity contribution in [3.05, 3.63) is 52.8 Å². The predicted octanol–water partition coefficient (Wildman–Crippen LogP) is 3.06. The van der Waals surface area contributed by atoms with Crippen LogP contribution in [0.5, 0.6) is 5.75 Å². The highest BCUT2D eigenvalue weighted by atomic mass is 16.5. The highest BCUT2D eigenvalue weighted by molar-refractivity contribution is 5.95. The van der Waals surface area contributed by atoms with E-state index >= 15 is 0 Å². The maximum absolute atomic E-state index is 12.1. The van der Waals surface area contributed by atoms with Gasteiger partial charge in [-0.1, -0.05) is 0 Å². The van der Waals surface area contributed by atoms with Gasteiger partial charge in [0, 0.05) is 35.7 Å². The van der Waals surface area contributed by atoms with Crippen LogP contribution in [-0.2, 0) is 11.3 Å². The van der Waals surface area contributed by atoms with Gasteiger partial charge in [0.05, 0.1) is 19.4 Å². The van der Waals surface area contributed by atoms with Crippen LogP contribution in [0, 0.1) is 13.8 Å². The molecule has 3 rings (SSSR count). The number of nitrogens with zero attached hydrogens (tertiary/aromatic N) is 2. The lowest BCUT2D eigenvalue weighted by Crippen LogP contribution is -2.18.